The Bertz CT molecular complexity index is 660. The molecule has 0 radical (unpaired) electrons. The Morgan fingerprint density at radius 1 is 1.00 bits per heavy atom. The van der Waals surface area contributed by atoms with Crippen LogP contribution in [0, 0.1) is 6.92 Å². The van der Waals surface area contributed by atoms with Crippen LogP contribution in [-0.2, 0) is 11.8 Å². The van der Waals surface area contributed by atoms with Gasteiger partial charge in [-0.25, -0.2) is 4.79 Å². The molecule has 0 atom stereocenters. The van der Waals surface area contributed by atoms with Crippen LogP contribution in [0.3, 0.4) is 0 Å². The highest BCUT2D eigenvalue weighted by Gasteiger charge is 2.44. The second-order valence-corrected chi connectivity index (χ2v) is 6.84. The van der Waals surface area contributed by atoms with E-state index in [-0.39, 0.29) is 11.4 Å². The molecule has 1 fully saturated rings. The van der Waals surface area contributed by atoms with Gasteiger partial charge in [-0.2, -0.15) is 0 Å². The summed E-state index contributed by atoms with van der Waals surface area (Å²) in [6, 6.07) is 19.0. The molecule has 0 bridgehead atoms. The van der Waals surface area contributed by atoms with E-state index in [0.717, 1.165) is 32.2 Å². The minimum absolute atomic E-state index is 0.0542. The Kier molecular flexibility index (Phi) is 5.19. The maximum absolute atomic E-state index is 12.0. The molecule has 3 rings (SSSR count). The first kappa shape index (κ1) is 16.6. The van der Waals surface area contributed by atoms with Crippen LogP contribution in [0.1, 0.15) is 36.0 Å². The van der Waals surface area contributed by atoms with Crippen molar-refractivity contribution in [3.63, 3.8) is 0 Å². The van der Waals surface area contributed by atoms with Crippen LogP contribution in [0.2, 0.25) is 0 Å². The molecule has 0 unspecified atom stereocenters. The number of rotatable bonds is 7. The van der Waals surface area contributed by atoms with Gasteiger partial charge in [-0.15, -0.1) is 0 Å². The van der Waals surface area contributed by atoms with E-state index in [4.69, 9.17) is 0 Å². The predicted octanol–water partition coefficient (Wildman–Crippen LogP) is 3.96. The summed E-state index contributed by atoms with van der Waals surface area (Å²) < 4.78 is 0. The third-order valence-corrected chi connectivity index (χ3v) is 4.88. The molecule has 0 aliphatic heterocycles. The Morgan fingerprint density at radius 3 is 2.38 bits per heavy atom. The van der Waals surface area contributed by atoms with Crippen LogP contribution in [0.4, 0.5) is 4.79 Å². The molecule has 2 aromatic carbocycles. The third-order valence-electron chi connectivity index (χ3n) is 4.88. The van der Waals surface area contributed by atoms with Crippen LogP contribution < -0.4 is 10.6 Å². The number of hydrogen-bond acceptors (Lipinski definition) is 1. The number of amides is 2. The smallest absolute Gasteiger partial charge is 0.314 e. The topological polar surface area (TPSA) is 41.1 Å². The molecular formula is C21H26N2O. The van der Waals surface area contributed by atoms with Crippen LogP contribution in [0.5, 0.6) is 0 Å². The van der Waals surface area contributed by atoms with Crippen molar-refractivity contribution in [3.8, 4) is 0 Å². The number of nitrogens with one attached hydrogen (secondary N) is 2. The van der Waals surface area contributed by atoms with Crippen molar-refractivity contribution in [3.05, 3.63) is 71.3 Å². The molecule has 126 valence electrons. The molecule has 0 spiro atoms. The molecule has 2 amide bonds. The van der Waals surface area contributed by atoms with Crippen molar-refractivity contribution < 1.29 is 4.79 Å². The van der Waals surface area contributed by atoms with Gasteiger partial charge in [-0.3, -0.25) is 0 Å². The summed E-state index contributed by atoms with van der Waals surface area (Å²) in [5, 5.41) is 6.01. The first-order valence-electron chi connectivity index (χ1n) is 8.81. The van der Waals surface area contributed by atoms with E-state index in [9.17, 15) is 4.79 Å². The van der Waals surface area contributed by atoms with Crippen molar-refractivity contribution in [1.29, 1.82) is 0 Å². The van der Waals surface area contributed by atoms with Gasteiger partial charge in [0.15, 0.2) is 0 Å². The zero-order valence-corrected chi connectivity index (χ0v) is 14.3. The van der Waals surface area contributed by atoms with E-state index in [1.807, 2.05) is 6.07 Å². The van der Waals surface area contributed by atoms with E-state index < -0.39 is 0 Å². The molecule has 3 nitrogen and oxygen atoms in total. The monoisotopic (exact) mass is 322 g/mol. The quantitative estimate of drug-likeness (QED) is 0.744. The maximum atomic E-state index is 12.0. The van der Waals surface area contributed by atoms with Crippen molar-refractivity contribution in [1.82, 2.24) is 10.6 Å². The number of carbonyl (C=O) groups is 1. The fraction of sp³-hybridized carbons (Fsp3) is 0.381. The largest absolute Gasteiger partial charge is 0.338 e. The van der Waals surface area contributed by atoms with Crippen LogP contribution >= 0.6 is 0 Å². The van der Waals surface area contributed by atoms with Gasteiger partial charge < -0.3 is 10.6 Å². The second kappa shape index (κ2) is 7.52. The van der Waals surface area contributed by atoms with Crippen molar-refractivity contribution in [2.24, 2.45) is 0 Å². The Labute approximate surface area is 144 Å². The van der Waals surface area contributed by atoms with Crippen LogP contribution in [0.15, 0.2) is 54.6 Å². The number of carbonyl (C=O) groups excluding carboxylic acids is 1. The first-order valence-corrected chi connectivity index (χ1v) is 8.81. The van der Waals surface area contributed by atoms with Gasteiger partial charge in [0.05, 0.1) is 0 Å². The number of benzene rings is 2. The minimum atomic E-state index is -0.0542. The average Bonchev–Trinajstić information content (AvgIpc) is 3.40. The van der Waals surface area contributed by atoms with E-state index in [1.165, 1.54) is 16.7 Å². The summed E-state index contributed by atoms with van der Waals surface area (Å²) in [6.07, 6.45) is 4.27. The van der Waals surface area contributed by atoms with Gasteiger partial charge in [-0.05, 0) is 43.7 Å². The molecule has 1 saturated carbocycles. The average molecular weight is 322 g/mol. The molecule has 3 heteroatoms. The third kappa shape index (κ3) is 4.38. The van der Waals surface area contributed by atoms with Gasteiger partial charge >= 0.3 is 6.03 Å². The molecule has 24 heavy (non-hydrogen) atoms. The molecule has 2 aromatic rings. The summed E-state index contributed by atoms with van der Waals surface area (Å²) in [4.78, 5) is 12.0. The zero-order valence-electron chi connectivity index (χ0n) is 14.3. The van der Waals surface area contributed by atoms with Gasteiger partial charge in [0.2, 0.25) is 0 Å². The normalized spacial score (nSPS) is 14.9. The number of urea groups is 1. The van der Waals surface area contributed by atoms with Crippen LogP contribution in [0.25, 0.3) is 0 Å². The highest BCUT2D eigenvalue weighted by atomic mass is 16.2. The minimum Gasteiger partial charge on any atom is -0.338 e. The highest BCUT2D eigenvalue weighted by Crippen LogP contribution is 2.47. The molecular weight excluding hydrogens is 296 g/mol. The van der Waals surface area contributed by atoms with E-state index in [2.05, 4.69) is 66.1 Å². The fourth-order valence-electron chi connectivity index (χ4n) is 3.08. The first-order chi connectivity index (χ1) is 11.7. The maximum Gasteiger partial charge on any atom is 0.314 e. The van der Waals surface area contributed by atoms with Gasteiger partial charge in [0.25, 0.3) is 0 Å². The number of aryl methyl sites for hydroxylation is 2. The summed E-state index contributed by atoms with van der Waals surface area (Å²) in [5.41, 5.74) is 4.10. The van der Waals surface area contributed by atoms with Gasteiger partial charge in [0.1, 0.15) is 0 Å². The lowest BCUT2D eigenvalue weighted by Gasteiger charge is -2.17. The molecule has 1 aliphatic rings. The summed E-state index contributed by atoms with van der Waals surface area (Å²) >= 11 is 0. The Balaban J connectivity index is 1.37. The lowest BCUT2D eigenvalue weighted by Crippen LogP contribution is -2.40. The molecule has 2 N–H and O–H groups in total. The van der Waals surface area contributed by atoms with E-state index in [1.54, 1.807) is 0 Å². The molecule has 0 aromatic heterocycles. The summed E-state index contributed by atoms with van der Waals surface area (Å²) in [5.74, 6) is 0. The zero-order chi connectivity index (χ0) is 16.8. The predicted molar refractivity (Wildman–Crippen MR) is 98.3 cm³/mol. The van der Waals surface area contributed by atoms with E-state index in [0.29, 0.717) is 6.54 Å². The van der Waals surface area contributed by atoms with Crippen LogP contribution in [-0.4, -0.2) is 19.1 Å². The van der Waals surface area contributed by atoms with Crippen molar-refractivity contribution >= 4 is 6.03 Å². The summed E-state index contributed by atoms with van der Waals surface area (Å²) in [6.45, 7) is 3.53. The fourth-order valence-corrected chi connectivity index (χ4v) is 3.08. The van der Waals surface area contributed by atoms with Gasteiger partial charge in [0, 0.05) is 18.5 Å². The van der Waals surface area contributed by atoms with E-state index >= 15 is 0 Å². The molecule has 1 aliphatic carbocycles. The van der Waals surface area contributed by atoms with Crippen molar-refractivity contribution in [2.75, 3.05) is 13.1 Å². The standard InChI is InChI=1S/C21H26N2O/c1-17-9-11-19(12-10-17)21(13-14-21)16-23-20(24)22-15-5-8-18-6-3-2-4-7-18/h2-4,6-7,9-12H,5,8,13-16H2,1H3,(H2,22,23,24). The lowest BCUT2D eigenvalue weighted by molar-refractivity contribution is 0.239. The Morgan fingerprint density at radius 2 is 1.71 bits per heavy atom. The highest BCUT2D eigenvalue weighted by molar-refractivity contribution is 5.74. The molecule has 0 saturated heterocycles. The Hall–Kier alpha value is -2.29. The molecule has 0 heterocycles. The SMILES string of the molecule is Cc1ccc(C2(CNC(=O)NCCCc3ccccc3)CC2)cc1. The second-order valence-electron chi connectivity index (χ2n) is 6.84. The number of hydrogen-bond donors (Lipinski definition) is 2. The van der Waals surface area contributed by atoms with Crippen molar-refractivity contribution in [2.45, 2.75) is 38.0 Å². The van der Waals surface area contributed by atoms with Gasteiger partial charge in [-0.1, -0.05) is 60.2 Å². The summed E-state index contributed by atoms with van der Waals surface area (Å²) in [7, 11) is 0. The lowest BCUT2D eigenvalue weighted by atomic mass is 9.95.